The first-order valence-electron chi connectivity index (χ1n) is 5.74. The molecule has 0 aliphatic carbocycles. The molecule has 0 bridgehead atoms. The van der Waals surface area contributed by atoms with Gasteiger partial charge in [0.15, 0.2) is 0 Å². The fourth-order valence-corrected chi connectivity index (χ4v) is 2.38. The maximum absolute atomic E-state index is 11.7. The summed E-state index contributed by atoms with van der Waals surface area (Å²) in [6.45, 7) is 0. The number of carbonyl (C=O) groups excluding carboxylic acids is 1. The van der Waals surface area contributed by atoms with E-state index in [-0.39, 0.29) is 0 Å². The first-order valence-corrected chi connectivity index (χ1v) is 6.87. The average Bonchev–Trinajstić information content (AvgIpc) is 2.39. The van der Waals surface area contributed by atoms with E-state index in [1.54, 1.807) is 42.5 Å². The molecule has 1 amide bonds. The molecule has 0 spiro atoms. The van der Waals surface area contributed by atoms with Crippen LogP contribution in [0.3, 0.4) is 0 Å². The summed E-state index contributed by atoms with van der Waals surface area (Å²) in [5.41, 5.74) is 6.62. The smallest absolute Gasteiger partial charge is 0.244 e. The fourth-order valence-electron chi connectivity index (χ4n) is 1.78. The van der Waals surface area contributed by atoms with Crippen LogP contribution in [0.5, 0.6) is 0 Å². The SMILES string of the molecule is NC(=O)C(Nc1cccc(Cl)c1)c1cc(Cl)ccc1Cl. The third-order valence-corrected chi connectivity index (χ3v) is 3.50. The van der Waals surface area contributed by atoms with Crippen LogP contribution >= 0.6 is 34.8 Å². The van der Waals surface area contributed by atoms with Crippen molar-refractivity contribution in [2.75, 3.05) is 5.32 Å². The van der Waals surface area contributed by atoms with E-state index in [2.05, 4.69) is 5.32 Å². The van der Waals surface area contributed by atoms with Gasteiger partial charge in [0.2, 0.25) is 5.91 Å². The average molecular weight is 330 g/mol. The number of nitrogens with two attached hydrogens (primary N) is 1. The number of hydrogen-bond acceptors (Lipinski definition) is 2. The highest BCUT2D eigenvalue weighted by atomic mass is 35.5. The van der Waals surface area contributed by atoms with Gasteiger partial charge in [-0.3, -0.25) is 4.79 Å². The molecule has 3 nitrogen and oxygen atoms in total. The molecule has 0 aromatic heterocycles. The number of halogens is 3. The van der Waals surface area contributed by atoms with Crippen LogP contribution in [0.4, 0.5) is 5.69 Å². The number of nitrogens with one attached hydrogen (secondary N) is 1. The van der Waals surface area contributed by atoms with Gasteiger partial charge in [-0.2, -0.15) is 0 Å². The van der Waals surface area contributed by atoms with Crippen molar-refractivity contribution in [3.8, 4) is 0 Å². The summed E-state index contributed by atoms with van der Waals surface area (Å²) in [5.74, 6) is -0.561. The van der Waals surface area contributed by atoms with Gasteiger partial charge in [0.05, 0.1) is 0 Å². The third-order valence-electron chi connectivity index (χ3n) is 2.69. The van der Waals surface area contributed by atoms with Crippen LogP contribution in [0.2, 0.25) is 15.1 Å². The zero-order valence-corrected chi connectivity index (χ0v) is 12.5. The van der Waals surface area contributed by atoms with E-state index in [1.807, 2.05) is 0 Å². The highest BCUT2D eigenvalue weighted by molar-refractivity contribution is 6.34. The van der Waals surface area contributed by atoms with Gasteiger partial charge in [-0.25, -0.2) is 0 Å². The number of rotatable bonds is 4. The number of carbonyl (C=O) groups is 1. The summed E-state index contributed by atoms with van der Waals surface area (Å²) < 4.78 is 0. The largest absolute Gasteiger partial charge is 0.370 e. The van der Waals surface area contributed by atoms with Crippen molar-refractivity contribution in [2.45, 2.75) is 6.04 Å². The van der Waals surface area contributed by atoms with Crippen molar-refractivity contribution < 1.29 is 4.79 Å². The lowest BCUT2D eigenvalue weighted by Gasteiger charge is -2.18. The van der Waals surface area contributed by atoms with Crippen molar-refractivity contribution in [1.29, 1.82) is 0 Å². The highest BCUT2D eigenvalue weighted by Gasteiger charge is 2.21. The summed E-state index contributed by atoms with van der Waals surface area (Å²) in [7, 11) is 0. The second-order valence-corrected chi connectivity index (χ2v) is 5.44. The van der Waals surface area contributed by atoms with Gasteiger partial charge in [0, 0.05) is 26.3 Å². The Bertz CT molecular complexity index is 646. The highest BCUT2D eigenvalue weighted by Crippen LogP contribution is 2.29. The van der Waals surface area contributed by atoms with Crippen molar-refractivity contribution in [2.24, 2.45) is 5.73 Å². The topological polar surface area (TPSA) is 55.1 Å². The Morgan fingerprint density at radius 1 is 1.05 bits per heavy atom. The minimum Gasteiger partial charge on any atom is -0.370 e. The molecule has 0 saturated carbocycles. The molecule has 2 aromatic rings. The van der Waals surface area contributed by atoms with Gasteiger partial charge in [-0.05, 0) is 36.4 Å². The maximum Gasteiger partial charge on any atom is 0.244 e. The number of hydrogen-bond donors (Lipinski definition) is 2. The monoisotopic (exact) mass is 328 g/mol. The van der Waals surface area contributed by atoms with Crippen molar-refractivity contribution in [3.05, 3.63) is 63.1 Å². The lowest BCUT2D eigenvalue weighted by atomic mass is 10.1. The molecule has 6 heteroatoms. The molecule has 0 saturated heterocycles. The lowest BCUT2D eigenvalue weighted by Crippen LogP contribution is -2.28. The van der Waals surface area contributed by atoms with Crippen LogP contribution in [-0.2, 0) is 4.79 Å². The predicted octanol–water partition coefficient (Wildman–Crippen LogP) is 4.29. The van der Waals surface area contributed by atoms with E-state index in [9.17, 15) is 4.79 Å². The molecular formula is C14H11Cl3N2O. The minimum atomic E-state index is -0.792. The van der Waals surface area contributed by atoms with Crippen LogP contribution in [0.1, 0.15) is 11.6 Å². The number of primary amides is 1. The first-order chi connectivity index (χ1) is 9.47. The molecule has 3 N–H and O–H groups in total. The Kier molecular flexibility index (Phi) is 4.76. The Morgan fingerprint density at radius 2 is 1.75 bits per heavy atom. The van der Waals surface area contributed by atoms with E-state index >= 15 is 0 Å². The molecule has 2 rings (SSSR count). The fraction of sp³-hybridized carbons (Fsp3) is 0.0714. The second-order valence-electron chi connectivity index (χ2n) is 4.16. The zero-order valence-electron chi connectivity index (χ0n) is 10.2. The van der Waals surface area contributed by atoms with Gasteiger partial charge in [-0.1, -0.05) is 40.9 Å². The van der Waals surface area contributed by atoms with Crippen LogP contribution < -0.4 is 11.1 Å². The Labute approximate surface area is 131 Å². The summed E-state index contributed by atoms with van der Waals surface area (Å²) in [6.07, 6.45) is 0. The second kappa shape index (κ2) is 6.35. The van der Waals surface area contributed by atoms with Crippen molar-refractivity contribution in [1.82, 2.24) is 0 Å². The number of benzene rings is 2. The molecule has 1 unspecified atom stereocenters. The van der Waals surface area contributed by atoms with E-state index < -0.39 is 11.9 Å². The summed E-state index contributed by atoms with van der Waals surface area (Å²) in [5, 5.41) is 4.44. The van der Waals surface area contributed by atoms with Crippen molar-refractivity contribution >= 4 is 46.4 Å². The Hall–Kier alpha value is -1.42. The third kappa shape index (κ3) is 3.57. The van der Waals surface area contributed by atoms with Crippen LogP contribution in [0.25, 0.3) is 0 Å². The molecule has 0 aliphatic rings. The van der Waals surface area contributed by atoms with Gasteiger partial charge in [0.1, 0.15) is 6.04 Å². The normalized spacial score (nSPS) is 11.9. The predicted molar refractivity (Wildman–Crippen MR) is 83.5 cm³/mol. The molecule has 0 fully saturated rings. The summed E-state index contributed by atoms with van der Waals surface area (Å²) in [6, 6.07) is 11.0. The van der Waals surface area contributed by atoms with Gasteiger partial charge in [-0.15, -0.1) is 0 Å². The zero-order chi connectivity index (χ0) is 14.7. The van der Waals surface area contributed by atoms with E-state index in [1.165, 1.54) is 0 Å². The molecular weight excluding hydrogens is 319 g/mol. The van der Waals surface area contributed by atoms with E-state index in [4.69, 9.17) is 40.5 Å². The molecule has 20 heavy (non-hydrogen) atoms. The first kappa shape index (κ1) is 15.0. The van der Waals surface area contributed by atoms with E-state index in [0.717, 1.165) is 0 Å². The molecule has 2 aromatic carbocycles. The number of amides is 1. The van der Waals surface area contributed by atoms with Crippen LogP contribution in [-0.4, -0.2) is 5.91 Å². The maximum atomic E-state index is 11.7. The van der Waals surface area contributed by atoms with Gasteiger partial charge in [0.25, 0.3) is 0 Å². The Balaban J connectivity index is 2.37. The Morgan fingerprint density at radius 3 is 2.40 bits per heavy atom. The quantitative estimate of drug-likeness (QED) is 0.879. The van der Waals surface area contributed by atoms with Crippen LogP contribution in [0.15, 0.2) is 42.5 Å². The van der Waals surface area contributed by atoms with Crippen LogP contribution in [0, 0.1) is 0 Å². The summed E-state index contributed by atoms with van der Waals surface area (Å²) >= 11 is 17.9. The number of anilines is 1. The minimum absolute atomic E-state index is 0.410. The molecule has 0 heterocycles. The van der Waals surface area contributed by atoms with Crippen molar-refractivity contribution in [3.63, 3.8) is 0 Å². The molecule has 104 valence electrons. The van der Waals surface area contributed by atoms with Gasteiger partial charge >= 0.3 is 0 Å². The standard InChI is InChI=1S/C14H11Cl3N2O/c15-8-2-1-3-10(6-8)19-13(14(18)20)11-7-9(16)4-5-12(11)17/h1-7,13,19H,(H2,18,20). The summed E-state index contributed by atoms with van der Waals surface area (Å²) in [4.78, 5) is 11.7. The van der Waals surface area contributed by atoms with Gasteiger partial charge < -0.3 is 11.1 Å². The lowest BCUT2D eigenvalue weighted by molar-refractivity contribution is -0.118. The van der Waals surface area contributed by atoms with E-state index in [0.29, 0.717) is 26.3 Å². The molecule has 1 atom stereocenters. The molecule has 0 radical (unpaired) electrons. The molecule has 0 aliphatic heterocycles.